The summed E-state index contributed by atoms with van der Waals surface area (Å²) in [7, 11) is 3.17. The lowest BCUT2D eigenvalue weighted by Crippen LogP contribution is -2.29. The smallest absolute Gasteiger partial charge is 0.243 e. The topological polar surface area (TPSA) is 80.2 Å². The van der Waals surface area contributed by atoms with Crippen molar-refractivity contribution in [1.82, 2.24) is 10.3 Å². The van der Waals surface area contributed by atoms with Crippen LogP contribution in [0.25, 0.3) is 0 Å². The van der Waals surface area contributed by atoms with Crippen LogP contribution >= 0.6 is 0 Å². The van der Waals surface area contributed by atoms with Crippen molar-refractivity contribution in [2.45, 2.75) is 32.2 Å². The summed E-state index contributed by atoms with van der Waals surface area (Å²) >= 11 is 0. The second-order valence-corrected chi connectivity index (χ2v) is 7.08. The molecule has 0 radical (unpaired) electrons. The van der Waals surface area contributed by atoms with Crippen LogP contribution in [-0.4, -0.2) is 43.3 Å². The first-order valence-corrected chi connectivity index (χ1v) is 9.96. The largest absolute Gasteiger partial charge is 0.497 e. The van der Waals surface area contributed by atoms with Crippen LogP contribution < -0.4 is 14.8 Å². The predicted octanol–water partition coefficient (Wildman–Crippen LogP) is 3.30. The van der Waals surface area contributed by atoms with Crippen molar-refractivity contribution < 1.29 is 19.1 Å². The average molecular weight is 409 g/mol. The molecule has 0 saturated heterocycles. The third-order valence-corrected chi connectivity index (χ3v) is 5.04. The summed E-state index contributed by atoms with van der Waals surface area (Å²) in [5.41, 5.74) is 2.73. The van der Waals surface area contributed by atoms with E-state index in [2.05, 4.69) is 10.4 Å². The summed E-state index contributed by atoms with van der Waals surface area (Å²) in [6, 6.07) is 15.0. The molecular weight excluding hydrogens is 382 g/mol. The van der Waals surface area contributed by atoms with Gasteiger partial charge in [0.2, 0.25) is 11.8 Å². The van der Waals surface area contributed by atoms with E-state index in [1.165, 1.54) is 5.01 Å². The van der Waals surface area contributed by atoms with E-state index in [1.54, 1.807) is 26.4 Å². The van der Waals surface area contributed by atoms with Gasteiger partial charge in [-0.15, -0.1) is 0 Å². The summed E-state index contributed by atoms with van der Waals surface area (Å²) in [6.07, 6.45) is 0.927. The van der Waals surface area contributed by atoms with Gasteiger partial charge in [-0.3, -0.25) is 9.59 Å². The number of benzene rings is 2. The first kappa shape index (κ1) is 21.4. The second kappa shape index (κ2) is 9.91. The van der Waals surface area contributed by atoms with Crippen LogP contribution in [0.15, 0.2) is 53.6 Å². The summed E-state index contributed by atoms with van der Waals surface area (Å²) in [5, 5.41) is 8.81. The molecule has 7 heteroatoms. The molecule has 2 amide bonds. The van der Waals surface area contributed by atoms with Crippen molar-refractivity contribution in [2.24, 2.45) is 5.10 Å². The van der Waals surface area contributed by atoms with E-state index in [1.807, 2.05) is 43.3 Å². The number of nitrogens with one attached hydrogen (secondary N) is 1. The van der Waals surface area contributed by atoms with Crippen LogP contribution in [0.2, 0.25) is 0 Å². The molecule has 2 aromatic rings. The molecule has 0 spiro atoms. The Bertz CT molecular complexity index is 927. The number of rotatable bonds is 8. The molecular formula is C23H27N3O4. The van der Waals surface area contributed by atoms with E-state index in [0.717, 1.165) is 16.8 Å². The second-order valence-electron chi connectivity index (χ2n) is 7.08. The minimum absolute atomic E-state index is 0.0994. The molecule has 0 saturated carbocycles. The quantitative estimate of drug-likeness (QED) is 0.725. The summed E-state index contributed by atoms with van der Waals surface area (Å²) < 4.78 is 10.6. The zero-order valence-electron chi connectivity index (χ0n) is 17.6. The Morgan fingerprint density at radius 3 is 2.57 bits per heavy atom. The highest BCUT2D eigenvalue weighted by atomic mass is 16.5. The third-order valence-electron chi connectivity index (χ3n) is 5.04. The number of methoxy groups -OCH3 is 2. The maximum atomic E-state index is 12.5. The number of hydrogen-bond donors (Lipinski definition) is 1. The minimum atomic E-state index is -0.285. The van der Waals surface area contributed by atoms with Crippen LogP contribution in [0.5, 0.6) is 11.5 Å². The molecule has 158 valence electrons. The van der Waals surface area contributed by atoms with E-state index >= 15 is 0 Å². The minimum Gasteiger partial charge on any atom is -0.497 e. The number of hydrogen-bond acceptors (Lipinski definition) is 5. The Balaban J connectivity index is 1.53. The lowest BCUT2D eigenvalue weighted by atomic mass is 10.1. The normalized spacial score (nSPS) is 14.1. The van der Waals surface area contributed by atoms with Crippen molar-refractivity contribution in [3.8, 4) is 11.5 Å². The Labute approximate surface area is 176 Å². The standard InChI is InChI=1S/C23H27N3O4/c1-16(19-15-18(29-2)9-10-21(19)30-3)24-22(27)11-12-23(28)26-14-13-20(25-26)17-7-5-4-6-8-17/h4-10,15-16H,11-14H2,1-3H3,(H,24,27). The summed E-state index contributed by atoms with van der Waals surface area (Å²) in [6.45, 7) is 2.41. The highest BCUT2D eigenvalue weighted by Gasteiger charge is 2.22. The van der Waals surface area contributed by atoms with Gasteiger partial charge < -0.3 is 14.8 Å². The van der Waals surface area contributed by atoms with E-state index in [4.69, 9.17) is 9.47 Å². The number of nitrogens with zero attached hydrogens (tertiary/aromatic N) is 2. The average Bonchev–Trinajstić information content (AvgIpc) is 3.28. The Morgan fingerprint density at radius 1 is 1.10 bits per heavy atom. The predicted molar refractivity (Wildman–Crippen MR) is 115 cm³/mol. The summed E-state index contributed by atoms with van der Waals surface area (Å²) in [4.78, 5) is 24.9. The monoisotopic (exact) mass is 409 g/mol. The number of carbonyl (C=O) groups is 2. The molecule has 2 aromatic carbocycles. The van der Waals surface area contributed by atoms with Crippen molar-refractivity contribution in [2.75, 3.05) is 20.8 Å². The van der Waals surface area contributed by atoms with Crippen molar-refractivity contribution >= 4 is 17.5 Å². The van der Waals surface area contributed by atoms with Crippen LogP contribution in [0.1, 0.15) is 43.4 Å². The summed E-state index contributed by atoms with van der Waals surface area (Å²) in [5.74, 6) is 0.998. The van der Waals surface area contributed by atoms with Gasteiger partial charge in [-0.2, -0.15) is 5.10 Å². The SMILES string of the molecule is COc1ccc(OC)c(C(C)NC(=O)CCC(=O)N2CCC(c3ccccc3)=N2)c1. The molecule has 0 aromatic heterocycles. The van der Waals surface area contributed by atoms with Crippen LogP contribution in [0, 0.1) is 0 Å². The first-order chi connectivity index (χ1) is 14.5. The molecule has 1 heterocycles. The molecule has 0 fully saturated rings. The first-order valence-electron chi connectivity index (χ1n) is 9.96. The molecule has 1 aliphatic rings. The maximum Gasteiger partial charge on any atom is 0.243 e. The van der Waals surface area contributed by atoms with Gasteiger partial charge in [-0.25, -0.2) is 5.01 Å². The van der Waals surface area contributed by atoms with Gasteiger partial charge in [0.15, 0.2) is 0 Å². The fourth-order valence-electron chi connectivity index (χ4n) is 3.39. The van der Waals surface area contributed by atoms with Gasteiger partial charge in [-0.1, -0.05) is 30.3 Å². The van der Waals surface area contributed by atoms with Crippen LogP contribution in [0.3, 0.4) is 0 Å². The number of ether oxygens (including phenoxy) is 2. The number of hydrazone groups is 1. The maximum absolute atomic E-state index is 12.5. The van der Waals surface area contributed by atoms with E-state index in [9.17, 15) is 9.59 Å². The van der Waals surface area contributed by atoms with Gasteiger partial charge in [0.25, 0.3) is 0 Å². The fourth-order valence-corrected chi connectivity index (χ4v) is 3.39. The van der Waals surface area contributed by atoms with E-state index < -0.39 is 0 Å². The molecule has 0 aliphatic carbocycles. The van der Waals surface area contributed by atoms with E-state index in [-0.39, 0.29) is 30.7 Å². The van der Waals surface area contributed by atoms with Crippen molar-refractivity contribution in [1.29, 1.82) is 0 Å². The van der Waals surface area contributed by atoms with Gasteiger partial charge in [0.05, 0.1) is 32.5 Å². The van der Waals surface area contributed by atoms with Crippen molar-refractivity contribution in [3.63, 3.8) is 0 Å². The van der Waals surface area contributed by atoms with Crippen LogP contribution in [0.4, 0.5) is 0 Å². The van der Waals surface area contributed by atoms with Crippen molar-refractivity contribution in [3.05, 3.63) is 59.7 Å². The van der Waals surface area contributed by atoms with Crippen LogP contribution in [-0.2, 0) is 9.59 Å². The fraction of sp³-hybridized carbons (Fsp3) is 0.348. The third kappa shape index (κ3) is 5.17. The number of carbonyl (C=O) groups excluding carboxylic acids is 2. The molecule has 1 aliphatic heterocycles. The lowest BCUT2D eigenvalue weighted by Gasteiger charge is -2.18. The molecule has 7 nitrogen and oxygen atoms in total. The molecule has 1 atom stereocenters. The van der Waals surface area contributed by atoms with Gasteiger partial charge in [0.1, 0.15) is 11.5 Å². The van der Waals surface area contributed by atoms with Gasteiger partial charge in [0, 0.05) is 24.8 Å². The van der Waals surface area contributed by atoms with Gasteiger partial charge in [-0.05, 0) is 30.7 Å². The zero-order chi connectivity index (χ0) is 21.5. The molecule has 1 N–H and O–H groups in total. The zero-order valence-corrected chi connectivity index (χ0v) is 17.6. The highest BCUT2D eigenvalue weighted by molar-refractivity contribution is 6.02. The number of amides is 2. The van der Waals surface area contributed by atoms with Gasteiger partial charge >= 0.3 is 0 Å². The molecule has 3 rings (SSSR count). The lowest BCUT2D eigenvalue weighted by molar-refractivity contribution is -0.133. The molecule has 30 heavy (non-hydrogen) atoms. The van der Waals surface area contributed by atoms with E-state index in [0.29, 0.717) is 24.5 Å². The Hall–Kier alpha value is -3.35. The molecule has 1 unspecified atom stereocenters. The Kier molecular flexibility index (Phi) is 7.06. The Morgan fingerprint density at radius 2 is 1.87 bits per heavy atom. The molecule has 0 bridgehead atoms. The highest BCUT2D eigenvalue weighted by Crippen LogP contribution is 2.29.